The molecule has 0 radical (unpaired) electrons. The Bertz CT molecular complexity index is 487. The molecule has 0 bridgehead atoms. The Balaban J connectivity index is 2.04. The zero-order valence-corrected chi connectivity index (χ0v) is 11.7. The third kappa shape index (κ3) is 2.72. The fourth-order valence-corrected chi connectivity index (χ4v) is 2.48. The largest absolute Gasteiger partial charge is 0.469 e. The van der Waals surface area contributed by atoms with E-state index in [1.807, 2.05) is 18.2 Å². The molecular formula is C13H14BrNO3. The minimum Gasteiger partial charge on any atom is -0.469 e. The van der Waals surface area contributed by atoms with Crippen molar-refractivity contribution in [2.24, 2.45) is 0 Å². The van der Waals surface area contributed by atoms with E-state index >= 15 is 0 Å². The number of esters is 1. The second-order valence-corrected chi connectivity index (χ2v) is 5.06. The highest BCUT2D eigenvalue weighted by Crippen LogP contribution is 2.30. The molecule has 1 aromatic carbocycles. The smallest absolute Gasteiger partial charge is 0.306 e. The van der Waals surface area contributed by atoms with Gasteiger partial charge in [0.2, 0.25) is 5.91 Å². The average Bonchev–Trinajstić information content (AvgIpc) is 2.78. The molecule has 1 aliphatic rings. The van der Waals surface area contributed by atoms with Crippen molar-refractivity contribution in [3.63, 3.8) is 0 Å². The van der Waals surface area contributed by atoms with Crippen LogP contribution in [0.25, 0.3) is 0 Å². The van der Waals surface area contributed by atoms with Crippen molar-refractivity contribution >= 4 is 33.5 Å². The predicted molar refractivity (Wildman–Crippen MR) is 71.4 cm³/mol. The van der Waals surface area contributed by atoms with Gasteiger partial charge in [0.15, 0.2) is 0 Å². The maximum Gasteiger partial charge on any atom is 0.306 e. The third-order valence-corrected chi connectivity index (χ3v) is 3.50. The van der Waals surface area contributed by atoms with Crippen molar-refractivity contribution in [3.05, 3.63) is 28.2 Å². The van der Waals surface area contributed by atoms with Crippen LogP contribution >= 0.6 is 15.9 Å². The molecule has 0 spiro atoms. The topological polar surface area (TPSA) is 46.6 Å². The molecular weight excluding hydrogens is 298 g/mol. The lowest BCUT2D eigenvalue weighted by Gasteiger charge is -2.17. The molecule has 96 valence electrons. The Morgan fingerprint density at radius 3 is 2.89 bits per heavy atom. The van der Waals surface area contributed by atoms with Crippen molar-refractivity contribution in [2.45, 2.75) is 19.3 Å². The highest BCUT2D eigenvalue weighted by Gasteiger charge is 2.24. The van der Waals surface area contributed by atoms with E-state index in [4.69, 9.17) is 0 Å². The summed E-state index contributed by atoms with van der Waals surface area (Å²) in [6.07, 6.45) is 1.19. The van der Waals surface area contributed by atoms with Crippen LogP contribution in [0.2, 0.25) is 0 Å². The van der Waals surface area contributed by atoms with Gasteiger partial charge in [-0.1, -0.05) is 15.9 Å². The van der Waals surface area contributed by atoms with Gasteiger partial charge in [-0.3, -0.25) is 9.59 Å². The van der Waals surface area contributed by atoms with Crippen LogP contribution in [-0.4, -0.2) is 25.5 Å². The molecule has 0 unspecified atom stereocenters. The van der Waals surface area contributed by atoms with Gasteiger partial charge in [0.25, 0.3) is 0 Å². The van der Waals surface area contributed by atoms with Crippen LogP contribution in [0.3, 0.4) is 0 Å². The number of amides is 1. The summed E-state index contributed by atoms with van der Waals surface area (Å²) >= 11 is 3.42. The second-order valence-electron chi connectivity index (χ2n) is 4.14. The molecule has 4 nitrogen and oxygen atoms in total. The number of rotatable bonds is 3. The Labute approximate surface area is 114 Å². The monoisotopic (exact) mass is 311 g/mol. The first-order chi connectivity index (χ1) is 8.61. The lowest BCUT2D eigenvalue weighted by Crippen LogP contribution is -2.29. The number of hydrogen-bond acceptors (Lipinski definition) is 3. The highest BCUT2D eigenvalue weighted by molar-refractivity contribution is 9.10. The molecule has 5 heteroatoms. The Morgan fingerprint density at radius 2 is 2.17 bits per heavy atom. The summed E-state index contributed by atoms with van der Waals surface area (Å²) in [5.74, 6) is -0.375. The summed E-state index contributed by atoms with van der Waals surface area (Å²) in [5, 5.41) is 0. The van der Waals surface area contributed by atoms with Crippen molar-refractivity contribution < 1.29 is 14.3 Å². The molecule has 0 saturated carbocycles. The van der Waals surface area contributed by atoms with E-state index in [9.17, 15) is 9.59 Å². The van der Waals surface area contributed by atoms with Crippen LogP contribution in [-0.2, 0) is 20.7 Å². The fourth-order valence-electron chi connectivity index (χ4n) is 2.08. The molecule has 0 atom stereocenters. The number of ether oxygens (including phenoxy) is 1. The van der Waals surface area contributed by atoms with Crippen LogP contribution < -0.4 is 4.90 Å². The van der Waals surface area contributed by atoms with Gasteiger partial charge in [-0.2, -0.15) is 0 Å². The molecule has 0 aliphatic carbocycles. The maximum atomic E-state index is 12.0. The highest BCUT2D eigenvalue weighted by atomic mass is 79.9. The number of anilines is 1. The summed E-state index contributed by atoms with van der Waals surface area (Å²) in [7, 11) is 1.33. The quantitative estimate of drug-likeness (QED) is 0.805. The molecule has 1 aliphatic heterocycles. The Kier molecular flexibility index (Phi) is 4.01. The molecule has 0 aromatic heterocycles. The van der Waals surface area contributed by atoms with Crippen molar-refractivity contribution in [3.8, 4) is 0 Å². The molecule has 0 fully saturated rings. The summed E-state index contributed by atoms with van der Waals surface area (Å²) in [6.45, 7) is 0.686. The number of halogens is 1. The van der Waals surface area contributed by atoms with E-state index in [1.165, 1.54) is 7.11 Å². The number of benzene rings is 1. The van der Waals surface area contributed by atoms with Crippen molar-refractivity contribution in [1.82, 2.24) is 0 Å². The maximum absolute atomic E-state index is 12.0. The van der Waals surface area contributed by atoms with Crippen LogP contribution in [0.15, 0.2) is 22.7 Å². The molecule has 18 heavy (non-hydrogen) atoms. The first kappa shape index (κ1) is 13.1. The van der Waals surface area contributed by atoms with E-state index in [0.29, 0.717) is 6.54 Å². The number of fused-ring (bicyclic) bond motifs is 1. The van der Waals surface area contributed by atoms with Crippen LogP contribution in [0, 0.1) is 0 Å². The van der Waals surface area contributed by atoms with Gasteiger partial charge < -0.3 is 9.64 Å². The SMILES string of the molecule is COC(=O)CCC(=O)N1CCc2cc(Br)ccc21. The van der Waals surface area contributed by atoms with Gasteiger partial charge in [0, 0.05) is 23.1 Å². The number of carbonyl (C=O) groups is 2. The first-order valence-corrected chi connectivity index (χ1v) is 6.56. The summed E-state index contributed by atoms with van der Waals surface area (Å²) in [4.78, 5) is 24.8. The van der Waals surface area contributed by atoms with E-state index in [2.05, 4.69) is 20.7 Å². The molecule has 0 saturated heterocycles. The molecule has 2 rings (SSSR count). The zero-order chi connectivity index (χ0) is 13.1. The second kappa shape index (κ2) is 5.52. The molecule has 0 N–H and O–H groups in total. The van der Waals surface area contributed by atoms with Crippen LogP contribution in [0.1, 0.15) is 18.4 Å². The van der Waals surface area contributed by atoms with E-state index in [1.54, 1.807) is 4.90 Å². The molecule has 1 aromatic rings. The van der Waals surface area contributed by atoms with Crippen LogP contribution in [0.4, 0.5) is 5.69 Å². The van der Waals surface area contributed by atoms with Crippen molar-refractivity contribution in [1.29, 1.82) is 0 Å². The normalized spacial score (nSPS) is 13.3. The number of carbonyl (C=O) groups excluding carboxylic acids is 2. The number of nitrogens with zero attached hydrogens (tertiary/aromatic N) is 1. The molecule has 1 heterocycles. The van der Waals surface area contributed by atoms with Gasteiger partial charge in [0.1, 0.15) is 0 Å². The summed E-state index contributed by atoms with van der Waals surface area (Å²) < 4.78 is 5.55. The predicted octanol–water partition coefficient (Wildman–Crippen LogP) is 2.29. The van der Waals surface area contributed by atoms with Gasteiger partial charge in [-0.25, -0.2) is 0 Å². The Morgan fingerprint density at radius 1 is 1.39 bits per heavy atom. The summed E-state index contributed by atoms with van der Waals surface area (Å²) in [6, 6.07) is 5.89. The fraction of sp³-hybridized carbons (Fsp3) is 0.385. The molecule has 1 amide bonds. The number of hydrogen-bond donors (Lipinski definition) is 0. The van der Waals surface area contributed by atoms with Gasteiger partial charge in [-0.05, 0) is 30.2 Å². The van der Waals surface area contributed by atoms with Crippen molar-refractivity contribution in [2.75, 3.05) is 18.6 Å². The van der Waals surface area contributed by atoms with Gasteiger partial charge in [0.05, 0.1) is 13.5 Å². The van der Waals surface area contributed by atoms with Gasteiger partial charge in [-0.15, -0.1) is 0 Å². The third-order valence-electron chi connectivity index (χ3n) is 3.01. The zero-order valence-electron chi connectivity index (χ0n) is 10.1. The lowest BCUT2D eigenvalue weighted by molar-refractivity contribution is -0.141. The minimum absolute atomic E-state index is 0.0264. The first-order valence-electron chi connectivity index (χ1n) is 5.77. The van der Waals surface area contributed by atoms with E-state index in [0.717, 1.165) is 22.1 Å². The van der Waals surface area contributed by atoms with Gasteiger partial charge >= 0.3 is 5.97 Å². The van der Waals surface area contributed by atoms with E-state index in [-0.39, 0.29) is 24.7 Å². The minimum atomic E-state index is -0.349. The standard InChI is InChI=1S/C13H14BrNO3/c1-18-13(17)5-4-12(16)15-7-6-9-8-10(14)2-3-11(9)15/h2-3,8H,4-7H2,1H3. The van der Waals surface area contributed by atoms with E-state index < -0.39 is 0 Å². The lowest BCUT2D eigenvalue weighted by atomic mass is 10.2. The summed E-state index contributed by atoms with van der Waals surface area (Å²) in [5.41, 5.74) is 2.11. The number of methoxy groups -OCH3 is 1. The Hall–Kier alpha value is -1.36. The average molecular weight is 312 g/mol. The van der Waals surface area contributed by atoms with Crippen LogP contribution in [0.5, 0.6) is 0 Å².